The molecule has 0 saturated carbocycles. The van der Waals surface area contributed by atoms with Crippen molar-refractivity contribution in [2.24, 2.45) is 0 Å². The number of carbonyl (C=O) groups excluding carboxylic acids is 1. The largest absolute Gasteiger partial charge is 0.444 e. The van der Waals surface area contributed by atoms with Gasteiger partial charge in [-0.05, 0) is 56.7 Å². The fourth-order valence-corrected chi connectivity index (χ4v) is 4.97. The van der Waals surface area contributed by atoms with E-state index in [4.69, 9.17) is 14.5 Å². The summed E-state index contributed by atoms with van der Waals surface area (Å²) in [6.07, 6.45) is 3.98. The van der Waals surface area contributed by atoms with E-state index in [0.717, 1.165) is 52.1 Å². The number of rotatable bonds is 9. The number of carbonyl (C=O) groups is 1. The molecule has 41 heavy (non-hydrogen) atoms. The lowest BCUT2D eigenvalue weighted by Gasteiger charge is -2.27. The van der Waals surface area contributed by atoms with Crippen LogP contribution in [0.25, 0.3) is 5.70 Å². The van der Waals surface area contributed by atoms with Crippen LogP contribution < -0.4 is 9.80 Å². The first kappa shape index (κ1) is 30.4. The number of thioether (sulfide) groups is 1. The maximum Gasteiger partial charge on any atom is 0.410 e. The second-order valence-electron chi connectivity index (χ2n) is 11.2. The predicted molar refractivity (Wildman–Crippen MR) is 167 cm³/mol. The molecule has 2 heterocycles. The van der Waals surface area contributed by atoms with Gasteiger partial charge in [-0.3, -0.25) is 0 Å². The van der Waals surface area contributed by atoms with Gasteiger partial charge in [-0.2, -0.15) is 0 Å². The Hall–Kier alpha value is -3.56. The summed E-state index contributed by atoms with van der Waals surface area (Å²) in [5.41, 5.74) is 4.46. The zero-order chi connectivity index (χ0) is 29.6. The smallest absolute Gasteiger partial charge is 0.410 e. The summed E-state index contributed by atoms with van der Waals surface area (Å²) in [5.74, 6) is 0.901. The van der Waals surface area contributed by atoms with Crippen molar-refractivity contribution in [3.63, 3.8) is 0 Å². The SMILES string of the molecule is C=C1c2cnc(SC)nc2N(C)CCN1c1cccc(COC(CCN(C)C(=O)OC(C)(C)C)c2ccccc2)c1. The van der Waals surface area contributed by atoms with Crippen LogP contribution in [0.1, 0.15) is 50.0 Å². The molecule has 1 unspecified atom stereocenters. The second kappa shape index (κ2) is 13.4. The number of amides is 1. The van der Waals surface area contributed by atoms with E-state index in [1.807, 2.05) is 51.4 Å². The number of benzene rings is 2. The van der Waals surface area contributed by atoms with E-state index in [-0.39, 0.29) is 12.2 Å². The van der Waals surface area contributed by atoms with Gasteiger partial charge < -0.3 is 24.2 Å². The Morgan fingerprint density at radius 1 is 1.15 bits per heavy atom. The Labute approximate surface area is 248 Å². The molecule has 1 aliphatic rings. The van der Waals surface area contributed by atoms with E-state index >= 15 is 0 Å². The number of hydrogen-bond acceptors (Lipinski definition) is 8. The fourth-order valence-electron chi connectivity index (χ4n) is 4.64. The van der Waals surface area contributed by atoms with E-state index in [2.05, 4.69) is 64.8 Å². The molecule has 4 rings (SSSR count). The first-order valence-corrected chi connectivity index (χ1v) is 15.1. The lowest BCUT2D eigenvalue weighted by molar-refractivity contribution is 0.0137. The summed E-state index contributed by atoms with van der Waals surface area (Å²) in [6, 6.07) is 18.5. The molecule has 1 aromatic heterocycles. The van der Waals surface area contributed by atoms with E-state index < -0.39 is 5.60 Å². The molecule has 0 radical (unpaired) electrons. The molecule has 8 nitrogen and oxygen atoms in total. The molecule has 3 aromatic rings. The Balaban J connectivity index is 1.47. The number of likely N-dealkylation sites (N-methyl/N-ethyl adjacent to an activating group) is 1. The predicted octanol–water partition coefficient (Wildman–Crippen LogP) is 6.64. The molecule has 0 fully saturated rings. The van der Waals surface area contributed by atoms with Crippen molar-refractivity contribution in [1.29, 1.82) is 0 Å². The summed E-state index contributed by atoms with van der Waals surface area (Å²) in [6.45, 7) is 12.6. The number of anilines is 2. The molecule has 2 aromatic carbocycles. The standard InChI is InChI=1S/C32H41N5O3S/c1-23-27-21-33-30(41-7)34-29(27)35(5)18-19-37(23)26-15-11-12-24(20-26)22-39-28(25-13-9-8-10-14-25)16-17-36(6)31(38)40-32(2,3)4/h8-15,20-21,28H,1,16-19,22H2,2-7H3. The topological polar surface area (TPSA) is 71.0 Å². The van der Waals surface area contributed by atoms with Gasteiger partial charge in [0.2, 0.25) is 0 Å². The summed E-state index contributed by atoms with van der Waals surface area (Å²) in [5, 5.41) is 0.751. The Kier molecular flexibility index (Phi) is 9.94. The average molecular weight is 576 g/mol. The third-order valence-corrected chi connectivity index (χ3v) is 7.42. The molecule has 0 aliphatic carbocycles. The van der Waals surface area contributed by atoms with Gasteiger partial charge >= 0.3 is 6.09 Å². The van der Waals surface area contributed by atoms with Crippen molar-refractivity contribution < 1.29 is 14.3 Å². The number of fused-ring (bicyclic) bond motifs is 1. The summed E-state index contributed by atoms with van der Waals surface area (Å²) in [4.78, 5) is 27.7. The molecule has 218 valence electrons. The van der Waals surface area contributed by atoms with Crippen molar-refractivity contribution in [1.82, 2.24) is 14.9 Å². The highest BCUT2D eigenvalue weighted by atomic mass is 32.2. The fraction of sp³-hybridized carbons (Fsp3) is 0.406. The summed E-state index contributed by atoms with van der Waals surface area (Å²) >= 11 is 1.53. The van der Waals surface area contributed by atoms with Crippen molar-refractivity contribution in [3.05, 3.63) is 84.1 Å². The molecule has 1 atom stereocenters. The van der Waals surface area contributed by atoms with Gasteiger partial charge in [0.25, 0.3) is 0 Å². The molecular weight excluding hydrogens is 534 g/mol. The van der Waals surface area contributed by atoms with Gasteiger partial charge in [0.05, 0.1) is 18.3 Å². The minimum absolute atomic E-state index is 0.179. The number of aromatic nitrogens is 2. The zero-order valence-corrected chi connectivity index (χ0v) is 25.8. The first-order valence-electron chi connectivity index (χ1n) is 13.8. The van der Waals surface area contributed by atoms with Gasteiger partial charge in [-0.15, -0.1) is 0 Å². The molecule has 1 amide bonds. The molecule has 0 saturated heterocycles. The molecule has 0 N–H and O–H groups in total. The molecular formula is C32H41N5O3S. The van der Waals surface area contributed by atoms with Gasteiger partial charge in [-0.25, -0.2) is 14.8 Å². The van der Waals surface area contributed by atoms with Crippen molar-refractivity contribution in [2.45, 2.75) is 50.7 Å². The molecule has 0 bridgehead atoms. The maximum atomic E-state index is 12.5. The number of hydrogen-bond donors (Lipinski definition) is 0. The van der Waals surface area contributed by atoms with E-state index in [1.165, 1.54) is 11.8 Å². The monoisotopic (exact) mass is 575 g/mol. The van der Waals surface area contributed by atoms with Crippen LogP contribution in [0.4, 0.5) is 16.3 Å². The van der Waals surface area contributed by atoms with Crippen LogP contribution in [-0.4, -0.2) is 66.5 Å². The number of ether oxygens (including phenoxy) is 2. The van der Waals surface area contributed by atoms with Crippen LogP contribution in [-0.2, 0) is 16.1 Å². The highest BCUT2D eigenvalue weighted by Gasteiger charge is 2.25. The second-order valence-corrected chi connectivity index (χ2v) is 12.0. The minimum Gasteiger partial charge on any atom is -0.444 e. The van der Waals surface area contributed by atoms with E-state index in [9.17, 15) is 4.79 Å². The summed E-state index contributed by atoms with van der Waals surface area (Å²) in [7, 11) is 3.82. The van der Waals surface area contributed by atoms with Gasteiger partial charge in [0, 0.05) is 51.3 Å². The first-order chi connectivity index (χ1) is 19.6. The third kappa shape index (κ3) is 8.01. The van der Waals surface area contributed by atoms with Gasteiger partial charge in [0.1, 0.15) is 11.4 Å². The Morgan fingerprint density at radius 2 is 1.90 bits per heavy atom. The van der Waals surface area contributed by atoms with Crippen LogP contribution in [0, 0.1) is 0 Å². The normalized spacial score (nSPS) is 14.3. The van der Waals surface area contributed by atoms with Crippen LogP contribution in [0.15, 0.2) is 72.5 Å². The van der Waals surface area contributed by atoms with Crippen LogP contribution >= 0.6 is 11.8 Å². The lowest BCUT2D eigenvalue weighted by Crippen LogP contribution is -2.35. The van der Waals surface area contributed by atoms with E-state index in [1.54, 1.807) is 11.9 Å². The van der Waals surface area contributed by atoms with Crippen LogP contribution in [0.2, 0.25) is 0 Å². The maximum absolute atomic E-state index is 12.5. The van der Waals surface area contributed by atoms with Crippen molar-refractivity contribution >= 4 is 35.1 Å². The quantitative estimate of drug-likeness (QED) is 0.208. The van der Waals surface area contributed by atoms with Crippen LogP contribution in [0.5, 0.6) is 0 Å². The number of nitrogens with zero attached hydrogens (tertiary/aromatic N) is 5. The summed E-state index contributed by atoms with van der Waals surface area (Å²) < 4.78 is 12.0. The highest BCUT2D eigenvalue weighted by Crippen LogP contribution is 2.34. The third-order valence-electron chi connectivity index (χ3n) is 6.86. The van der Waals surface area contributed by atoms with Crippen LogP contribution in [0.3, 0.4) is 0 Å². The van der Waals surface area contributed by atoms with Gasteiger partial charge in [0.15, 0.2) is 5.16 Å². The lowest BCUT2D eigenvalue weighted by atomic mass is 10.1. The average Bonchev–Trinajstić information content (AvgIpc) is 3.08. The highest BCUT2D eigenvalue weighted by molar-refractivity contribution is 7.98. The Morgan fingerprint density at radius 3 is 2.61 bits per heavy atom. The zero-order valence-electron chi connectivity index (χ0n) is 25.0. The minimum atomic E-state index is -0.535. The van der Waals surface area contributed by atoms with Gasteiger partial charge in [-0.1, -0.05) is 60.8 Å². The van der Waals surface area contributed by atoms with Crippen molar-refractivity contribution in [2.75, 3.05) is 49.8 Å². The molecule has 1 aliphatic heterocycles. The molecule has 9 heteroatoms. The Bertz CT molecular complexity index is 1340. The van der Waals surface area contributed by atoms with Crippen molar-refractivity contribution in [3.8, 4) is 0 Å². The molecule has 0 spiro atoms. The van der Waals surface area contributed by atoms with E-state index in [0.29, 0.717) is 19.6 Å².